The lowest BCUT2D eigenvalue weighted by Gasteiger charge is -2.11. The van der Waals surface area contributed by atoms with Gasteiger partial charge in [0.1, 0.15) is 23.0 Å². The van der Waals surface area contributed by atoms with Crippen LogP contribution in [0.2, 0.25) is 0 Å². The Bertz CT molecular complexity index is 1170. The second-order valence-electron chi connectivity index (χ2n) is 6.51. The molecule has 0 radical (unpaired) electrons. The average molecular weight is 434 g/mol. The Hall–Kier alpha value is -4.46. The van der Waals surface area contributed by atoms with Gasteiger partial charge < -0.3 is 18.9 Å². The minimum atomic E-state index is -0.764. The summed E-state index contributed by atoms with van der Waals surface area (Å²) in [6.45, 7) is 1.79. The Labute approximate surface area is 183 Å². The maximum atomic E-state index is 11.8. The molecule has 0 fully saturated rings. The van der Waals surface area contributed by atoms with Crippen molar-refractivity contribution in [1.82, 2.24) is 0 Å². The van der Waals surface area contributed by atoms with Gasteiger partial charge in [0.15, 0.2) is 6.29 Å². The van der Waals surface area contributed by atoms with E-state index in [1.54, 1.807) is 49.4 Å². The predicted octanol–water partition coefficient (Wildman–Crippen LogP) is 4.49. The number of esters is 2. The zero-order chi connectivity index (χ0) is 23.1. The lowest BCUT2D eigenvalue weighted by atomic mass is 10.1. The van der Waals surface area contributed by atoms with Crippen molar-refractivity contribution in [1.29, 1.82) is 0 Å². The van der Waals surface area contributed by atoms with E-state index in [2.05, 4.69) is 9.47 Å². The van der Waals surface area contributed by atoms with Crippen LogP contribution in [0.4, 0.5) is 0 Å². The molecule has 0 saturated carbocycles. The number of hydrogen-bond donors (Lipinski definition) is 0. The maximum Gasteiger partial charge on any atom is 0.346 e. The molecule has 162 valence electrons. The highest BCUT2D eigenvalue weighted by molar-refractivity contribution is 5.98. The van der Waals surface area contributed by atoms with Crippen molar-refractivity contribution in [2.75, 3.05) is 7.11 Å². The molecular formula is C24H18O8. The largest absolute Gasteiger partial charge is 0.465 e. The summed E-state index contributed by atoms with van der Waals surface area (Å²) in [5, 5.41) is 0. The van der Waals surface area contributed by atoms with Gasteiger partial charge in [-0.2, -0.15) is 0 Å². The van der Waals surface area contributed by atoms with Gasteiger partial charge in [-0.05, 0) is 67.1 Å². The van der Waals surface area contributed by atoms with Gasteiger partial charge in [-0.25, -0.2) is 9.59 Å². The van der Waals surface area contributed by atoms with Crippen LogP contribution in [0.3, 0.4) is 0 Å². The Balaban J connectivity index is 1.73. The Morgan fingerprint density at radius 1 is 0.719 bits per heavy atom. The second kappa shape index (κ2) is 10.0. The van der Waals surface area contributed by atoms with Crippen LogP contribution < -0.4 is 9.47 Å². The van der Waals surface area contributed by atoms with Crippen LogP contribution in [0.1, 0.15) is 36.6 Å². The highest BCUT2D eigenvalue weighted by atomic mass is 16.6. The van der Waals surface area contributed by atoms with Crippen LogP contribution in [-0.2, 0) is 14.3 Å². The molecule has 0 bridgehead atoms. The van der Waals surface area contributed by atoms with Crippen molar-refractivity contribution in [2.24, 2.45) is 0 Å². The molecule has 3 aromatic rings. The molecule has 0 aliphatic carbocycles. The average Bonchev–Trinajstić information content (AvgIpc) is 2.81. The lowest BCUT2D eigenvalue weighted by molar-refractivity contribution is -0.123. The normalized spacial score (nSPS) is 10.1. The van der Waals surface area contributed by atoms with Gasteiger partial charge >= 0.3 is 18.4 Å². The van der Waals surface area contributed by atoms with Crippen molar-refractivity contribution in [3.8, 4) is 23.0 Å². The van der Waals surface area contributed by atoms with Crippen molar-refractivity contribution in [2.45, 2.75) is 6.92 Å². The van der Waals surface area contributed by atoms with Crippen LogP contribution in [0, 0.1) is 6.92 Å². The fraction of sp³-hybridized carbons (Fsp3) is 0.0833. The number of rotatable bonds is 8. The fourth-order valence-corrected chi connectivity index (χ4v) is 2.84. The monoisotopic (exact) mass is 434 g/mol. The molecule has 0 amide bonds. The van der Waals surface area contributed by atoms with Crippen molar-refractivity contribution >= 4 is 24.7 Å². The minimum Gasteiger partial charge on any atom is -0.465 e. The molecule has 0 atom stereocenters. The number of aldehydes is 1. The smallest absolute Gasteiger partial charge is 0.346 e. The second-order valence-corrected chi connectivity index (χ2v) is 6.51. The van der Waals surface area contributed by atoms with Gasteiger partial charge in [0.25, 0.3) is 0 Å². The van der Waals surface area contributed by atoms with Crippen LogP contribution in [-0.4, -0.2) is 31.8 Å². The Morgan fingerprint density at radius 2 is 1.28 bits per heavy atom. The molecule has 0 saturated heterocycles. The molecule has 0 aromatic heterocycles. The van der Waals surface area contributed by atoms with E-state index in [9.17, 15) is 19.2 Å². The fourth-order valence-electron chi connectivity index (χ4n) is 2.84. The van der Waals surface area contributed by atoms with Gasteiger partial charge in [-0.15, -0.1) is 0 Å². The minimum absolute atomic E-state index is 0.0784. The van der Waals surface area contributed by atoms with E-state index in [1.165, 1.54) is 25.3 Å². The van der Waals surface area contributed by atoms with Gasteiger partial charge in [0.05, 0.1) is 18.2 Å². The molecule has 0 unspecified atom stereocenters. The van der Waals surface area contributed by atoms with Crippen molar-refractivity contribution in [3.63, 3.8) is 0 Å². The molecule has 0 aliphatic rings. The molecule has 0 N–H and O–H groups in total. The Morgan fingerprint density at radius 3 is 1.84 bits per heavy atom. The summed E-state index contributed by atoms with van der Waals surface area (Å²) in [6.07, 6.45) is 0.552. The third-order valence-electron chi connectivity index (χ3n) is 4.43. The molecular weight excluding hydrogens is 416 g/mol. The lowest BCUT2D eigenvalue weighted by Crippen LogP contribution is -2.05. The van der Waals surface area contributed by atoms with E-state index in [-0.39, 0.29) is 23.2 Å². The Kier molecular flexibility index (Phi) is 6.97. The summed E-state index contributed by atoms with van der Waals surface area (Å²) < 4.78 is 20.5. The summed E-state index contributed by atoms with van der Waals surface area (Å²) in [5.41, 5.74) is 1.16. The van der Waals surface area contributed by atoms with Gasteiger partial charge in [0.2, 0.25) is 0 Å². The first-order valence-electron chi connectivity index (χ1n) is 9.33. The molecule has 0 aliphatic heterocycles. The number of benzene rings is 3. The van der Waals surface area contributed by atoms with E-state index in [1.807, 2.05) is 0 Å². The summed E-state index contributed by atoms with van der Waals surface area (Å²) in [5.74, 6) is 0.324. The predicted molar refractivity (Wildman–Crippen MR) is 112 cm³/mol. The zero-order valence-corrected chi connectivity index (χ0v) is 17.2. The molecule has 3 aromatic carbocycles. The van der Waals surface area contributed by atoms with Gasteiger partial charge in [-0.3, -0.25) is 9.59 Å². The van der Waals surface area contributed by atoms with E-state index < -0.39 is 11.9 Å². The zero-order valence-electron chi connectivity index (χ0n) is 17.2. The molecule has 8 nitrogen and oxygen atoms in total. The third-order valence-corrected chi connectivity index (χ3v) is 4.43. The highest BCUT2D eigenvalue weighted by Gasteiger charge is 2.14. The first-order chi connectivity index (χ1) is 15.4. The SMILES string of the molecule is COC(=O)c1ccc(Oc2ccc(Oc3ccc(C)c(C(=O)OC=O)c3)cc2)cc1C=O. The van der Waals surface area contributed by atoms with E-state index in [0.717, 1.165) is 0 Å². The first-order valence-corrected chi connectivity index (χ1v) is 9.33. The molecule has 32 heavy (non-hydrogen) atoms. The van der Waals surface area contributed by atoms with Crippen LogP contribution >= 0.6 is 0 Å². The van der Waals surface area contributed by atoms with Crippen molar-refractivity contribution in [3.05, 3.63) is 82.9 Å². The maximum absolute atomic E-state index is 11.8. The van der Waals surface area contributed by atoms with E-state index in [4.69, 9.17) is 9.47 Å². The standard InChI is InChI=1S/C24H18O8/c1-15-3-4-20(12-22(15)24(28)30-14-26)32-18-7-5-17(6-8-18)31-19-9-10-21(23(27)29-2)16(11-19)13-25/h3-14H,1-2H3. The number of ether oxygens (including phenoxy) is 4. The quantitative estimate of drug-likeness (QED) is 0.290. The number of aryl methyl sites for hydroxylation is 1. The molecule has 8 heteroatoms. The molecule has 3 rings (SSSR count). The highest BCUT2D eigenvalue weighted by Crippen LogP contribution is 2.29. The number of carbonyl (C=O) groups is 4. The number of methoxy groups -OCH3 is 1. The van der Waals surface area contributed by atoms with Crippen molar-refractivity contribution < 1.29 is 38.1 Å². The molecule has 0 spiro atoms. The van der Waals surface area contributed by atoms with Crippen LogP contribution in [0.15, 0.2) is 60.7 Å². The van der Waals surface area contributed by atoms with Crippen LogP contribution in [0.25, 0.3) is 0 Å². The summed E-state index contributed by atoms with van der Waals surface area (Å²) >= 11 is 0. The van der Waals surface area contributed by atoms with E-state index >= 15 is 0 Å². The van der Waals surface area contributed by atoms with E-state index in [0.29, 0.717) is 34.8 Å². The van der Waals surface area contributed by atoms with Gasteiger partial charge in [0, 0.05) is 5.56 Å². The number of hydrogen-bond acceptors (Lipinski definition) is 8. The first kappa shape index (κ1) is 22.2. The third kappa shape index (κ3) is 5.17. The summed E-state index contributed by atoms with van der Waals surface area (Å²) in [7, 11) is 1.24. The summed E-state index contributed by atoms with van der Waals surface area (Å²) in [4.78, 5) is 45.2. The van der Waals surface area contributed by atoms with Gasteiger partial charge in [-0.1, -0.05) is 6.07 Å². The number of carbonyl (C=O) groups excluding carboxylic acids is 4. The van der Waals surface area contributed by atoms with Crippen LogP contribution in [0.5, 0.6) is 23.0 Å². The topological polar surface area (TPSA) is 105 Å². The molecule has 0 heterocycles. The summed E-state index contributed by atoms with van der Waals surface area (Å²) in [6, 6.07) is 15.9.